The molecule has 0 aliphatic rings. The Morgan fingerprint density at radius 3 is 1.82 bits per heavy atom. The number of hydrogen-bond acceptors (Lipinski definition) is 6. The van der Waals surface area contributed by atoms with Gasteiger partial charge < -0.3 is 0 Å². The number of aromatic nitrogens is 4. The van der Waals surface area contributed by atoms with Crippen LogP contribution in [0.15, 0.2) is 152 Å². The Balaban J connectivity index is 0.00000348. The summed E-state index contributed by atoms with van der Waals surface area (Å²) in [6.07, 6.45) is 0. The van der Waals surface area contributed by atoms with E-state index >= 15 is 0 Å². The third-order valence-corrected chi connectivity index (χ3v) is 10.3. The van der Waals surface area contributed by atoms with E-state index in [1.807, 2.05) is 107 Å². The summed E-state index contributed by atoms with van der Waals surface area (Å²) < 4.78 is 2.45. The van der Waals surface area contributed by atoms with Crippen molar-refractivity contribution in [2.24, 2.45) is 0 Å². The number of anilines is 3. The third-order valence-electron chi connectivity index (χ3n) is 9.08. The number of fused-ring (bicyclic) bond motifs is 7. The number of hydrogen-bond donors (Lipinski definition) is 0. The fourth-order valence-corrected chi connectivity index (χ4v) is 8.06. The second-order valence-electron chi connectivity index (χ2n) is 12.1. The molecule has 7 aromatic carbocycles. The Labute approximate surface area is 312 Å². The first-order chi connectivity index (χ1) is 24.8. The van der Waals surface area contributed by atoms with E-state index in [4.69, 9.17) is 19.9 Å². The van der Waals surface area contributed by atoms with E-state index in [1.54, 1.807) is 0 Å². The van der Waals surface area contributed by atoms with Gasteiger partial charge in [-0.05, 0) is 51.2 Å². The summed E-state index contributed by atoms with van der Waals surface area (Å²) >= 11 is 1.81. The van der Waals surface area contributed by atoms with Crippen molar-refractivity contribution in [3.8, 4) is 22.5 Å². The number of thiophene rings is 1. The maximum Gasteiger partial charge on any atom is 2.00 e. The average molecular weight is 851 g/mol. The molecule has 0 atom stereocenters. The minimum absolute atomic E-state index is 0. The van der Waals surface area contributed by atoms with Crippen LogP contribution in [-0.2, 0) is 21.1 Å². The van der Waals surface area contributed by atoms with Crippen LogP contribution in [0.1, 0.15) is 0 Å². The third kappa shape index (κ3) is 5.27. The fourth-order valence-electron chi connectivity index (χ4n) is 6.81. The first-order valence-corrected chi connectivity index (χ1v) is 17.2. The van der Waals surface area contributed by atoms with Crippen LogP contribution in [0.4, 0.5) is 17.6 Å². The van der Waals surface area contributed by atoms with Crippen molar-refractivity contribution >= 4 is 81.7 Å². The summed E-state index contributed by atoms with van der Waals surface area (Å²) in [6, 6.07) is 58.6. The first kappa shape index (κ1) is 31.2. The van der Waals surface area contributed by atoms with E-state index in [1.165, 1.54) is 20.2 Å². The Kier molecular flexibility index (Phi) is 7.84. The largest absolute Gasteiger partial charge is 2.00 e. The van der Waals surface area contributed by atoms with Gasteiger partial charge in [-0.3, -0.25) is 9.97 Å². The maximum atomic E-state index is 5.45. The zero-order chi connectivity index (χ0) is 33.0. The Hall–Kier alpha value is -5.81. The van der Waals surface area contributed by atoms with Gasteiger partial charge in [-0.2, -0.15) is 11.3 Å². The van der Waals surface area contributed by atoms with Crippen LogP contribution in [0.5, 0.6) is 0 Å². The van der Waals surface area contributed by atoms with Crippen LogP contribution in [0, 0.1) is 12.1 Å². The van der Waals surface area contributed by atoms with Crippen molar-refractivity contribution in [3.63, 3.8) is 0 Å². The molecule has 51 heavy (non-hydrogen) atoms. The summed E-state index contributed by atoms with van der Waals surface area (Å²) in [4.78, 5) is 23.0. The zero-order valence-electron chi connectivity index (χ0n) is 26.9. The summed E-state index contributed by atoms with van der Waals surface area (Å²) in [5.74, 6) is 0.939. The molecule has 0 radical (unpaired) electrons. The summed E-state index contributed by atoms with van der Waals surface area (Å²) in [5, 5.41) is 6.47. The molecule has 3 aromatic heterocycles. The predicted octanol–water partition coefficient (Wildman–Crippen LogP) is 11.5. The van der Waals surface area contributed by atoms with Crippen LogP contribution in [0.25, 0.3) is 75.3 Å². The smallest absolute Gasteiger partial charge is 0.262 e. The predicted molar refractivity (Wildman–Crippen MR) is 206 cm³/mol. The van der Waals surface area contributed by atoms with Gasteiger partial charge >= 0.3 is 21.1 Å². The fraction of sp³-hybridized carbons (Fsp3) is 0. The molecular formula is C44H25N5PtS. The van der Waals surface area contributed by atoms with Crippen molar-refractivity contribution in [1.29, 1.82) is 0 Å². The molecule has 0 saturated carbocycles. The van der Waals surface area contributed by atoms with Gasteiger partial charge in [-0.25, -0.2) is 14.9 Å². The van der Waals surface area contributed by atoms with Crippen molar-refractivity contribution in [2.75, 3.05) is 4.90 Å². The molecule has 10 rings (SSSR count). The van der Waals surface area contributed by atoms with E-state index in [-0.39, 0.29) is 21.1 Å². The quantitative estimate of drug-likeness (QED) is 0.162. The number of benzene rings is 7. The molecule has 0 saturated heterocycles. The van der Waals surface area contributed by atoms with Gasteiger partial charge in [0.1, 0.15) is 0 Å². The Morgan fingerprint density at radius 2 is 1.10 bits per heavy atom. The van der Waals surface area contributed by atoms with Crippen LogP contribution in [0.3, 0.4) is 0 Å². The normalized spacial score (nSPS) is 11.4. The summed E-state index contributed by atoms with van der Waals surface area (Å²) in [6.45, 7) is 0. The molecule has 0 aliphatic heterocycles. The van der Waals surface area contributed by atoms with Crippen molar-refractivity contribution < 1.29 is 21.1 Å². The Morgan fingerprint density at radius 1 is 0.510 bits per heavy atom. The molecule has 0 unspecified atom stereocenters. The minimum atomic E-state index is 0. The maximum absolute atomic E-state index is 5.45. The van der Waals surface area contributed by atoms with Crippen LogP contribution >= 0.6 is 11.3 Å². The summed E-state index contributed by atoms with van der Waals surface area (Å²) in [7, 11) is 0. The van der Waals surface area contributed by atoms with Crippen LogP contribution < -0.4 is 4.90 Å². The number of para-hydroxylation sites is 3. The Bertz CT molecular complexity index is 2890. The van der Waals surface area contributed by atoms with Crippen molar-refractivity contribution in [1.82, 2.24) is 19.9 Å². The molecular weight excluding hydrogens is 826 g/mol. The molecule has 5 nitrogen and oxygen atoms in total. The molecule has 0 spiro atoms. The van der Waals surface area contributed by atoms with E-state index < -0.39 is 0 Å². The SMILES string of the molecule is [Pt+2].[c-]1ccccc1-c1nc(N(c2ccccc2)c2nc(-c3[c-]c4ccccc4c4sc5ccccc5c34)c3ccccc3n2)nc2ccccc12. The molecule has 3 heterocycles. The first-order valence-electron chi connectivity index (χ1n) is 16.4. The molecule has 0 bridgehead atoms. The molecule has 0 amide bonds. The van der Waals surface area contributed by atoms with E-state index in [0.29, 0.717) is 11.9 Å². The van der Waals surface area contributed by atoms with Gasteiger partial charge in [0.15, 0.2) is 0 Å². The van der Waals surface area contributed by atoms with Crippen LogP contribution in [0.2, 0.25) is 0 Å². The van der Waals surface area contributed by atoms with Gasteiger partial charge in [-0.15, -0.1) is 53.4 Å². The minimum Gasteiger partial charge on any atom is -0.262 e. The standard InChI is InChI=1S/C44H25N5S.Pt/c1-3-15-28(16-4-1)40-32-21-9-12-24-36(32)45-43(47-40)49(30-18-5-2-6-19-30)44-46-37-25-13-10-22-33(37)41(48-44)35-27-29-17-7-8-20-31(29)42-39(35)34-23-11-14-26-38(34)50-42;/h1-15,17-26H;/q-2;+2. The van der Waals surface area contributed by atoms with E-state index in [2.05, 4.69) is 72.8 Å². The average Bonchev–Trinajstić information content (AvgIpc) is 3.58. The second kappa shape index (κ2) is 12.8. The van der Waals surface area contributed by atoms with E-state index in [0.717, 1.165) is 60.8 Å². The molecule has 0 fully saturated rings. The van der Waals surface area contributed by atoms with Gasteiger partial charge in [0, 0.05) is 16.1 Å². The van der Waals surface area contributed by atoms with Gasteiger partial charge in [-0.1, -0.05) is 107 Å². The molecule has 0 N–H and O–H groups in total. The second-order valence-corrected chi connectivity index (χ2v) is 13.1. The topological polar surface area (TPSA) is 54.8 Å². The van der Waals surface area contributed by atoms with Crippen LogP contribution in [-0.4, -0.2) is 19.9 Å². The summed E-state index contributed by atoms with van der Waals surface area (Å²) in [5.41, 5.74) is 5.92. The van der Waals surface area contributed by atoms with E-state index in [9.17, 15) is 0 Å². The molecule has 10 aromatic rings. The molecule has 0 aliphatic carbocycles. The monoisotopic (exact) mass is 850 g/mol. The van der Waals surface area contributed by atoms with Crippen molar-refractivity contribution in [3.05, 3.63) is 164 Å². The van der Waals surface area contributed by atoms with Gasteiger partial charge in [0.2, 0.25) is 11.9 Å². The van der Waals surface area contributed by atoms with Crippen molar-refractivity contribution in [2.45, 2.75) is 0 Å². The number of nitrogens with zero attached hydrogens (tertiary/aromatic N) is 5. The zero-order valence-corrected chi connectivity index (χ0v) is 30.0. The number of rotatable bonds is 5. The van der Waals surface area contributed by atoms with Gasteiger partial charge in [0.25, 0.3) is 0 Å². The molecule has 242 valence electrons. The molecule has 7 heteroatoms. The van der Waals surface area contributed by atoms with Gasteiger partial charge in [0.05, 0.1) is 16.7 Å².